The summed E-state index contributed by atoms with van der Waals surface area (Å²) in [6, 6.07) is -0.533. The molecule has 96 valence electrons. The van der Waals surface area contributed by atoms with Gasteiger partial charge in [-0.25, -0.2) is 9.78 Å². The molecule has 0 aliphatic heterocycles. The summed E-state index contributed by atoms with van der Waals surface area (Å²) in [5.74, 6) is -0.0586. The molecule has 0 aliphatic carbocycles. The third kappa shape index (κ3) is 3.85. The second-order valence-corrected chi connectivity index (χ2v) is 5.12. The van der Waals surface area contributed by atoms with Crippen molar-refractivity contribution in [3.05, 3.63) is 18.2 Å². The van der Waals surface area contributed by atoms with Gasteiger partial charge in [0, 0.05) is 17.9 Å². The van der Waals surface area contributed by atoms with Gasteiger partial charge in [-0.05, 0) is 27.2 Å². The first-order valence-electron chi connectivity index (χ1n) is 5.84. The van der Waals surface area contributed by atoms with Crippen LogP contribution in [0.1, 0.15) is 46.0 Å². The first-order valence-corrected chi connectivity index (χ1v) is 5.84. The van der Waals surface area contributed by atoms with Gasteiger partial charge in [0.1, 0.15) is 11.9 Å². The fourth-order valence-corrected chi connectivity index (χ4v) is 1.60. The molecule has 0 aliphatic rings. The van der Waals surface area contributed by atoms with Crippen molar-refractivity contribution in [2.75, 3.05) is 0 Å². The smallest absolute Gasteiger partial charge is 0.326 e. The Balaban J connectivity index is 2.81. The predicted octanol–water partition coefficient (Wildman–Crippen LogP) is 1.81. The number of carboxylic acids is 1. The SMILES string of the molecule is CCC(C(=O)O)n1ccnc1CNC(C)(C)C. The Labute approximate surface area is 102 Å². The average Bonchev–Trinajstić information content (AvgIpc) is 2.62. The first kappa shape index (κ1) is 13.7. The molecule has 0 aromatic carbocycles. The molecule has 1 atom stereocenters. The van der Waals surface area contributed by atoms with Crippen LogP contribution in [0.2, 0.25) is 0 Å². The van der Waals surface area contributed by atoms with E-state index in [4.69, 9.17) is 5.11 Å². The zero-order valence-electron chi connectivity index (χ0n) is 10.9. The predicted molar refractivity (Wildman–Crippen MR) is 65.8 cm³/mol. The molecule has 0 saturated heterocycles. The van der Waals surface area contributed by atoms with E-state index in [-0.39, 0.29) is 5.54 Å². The van der Waals surface area contributed by atoms with Gasteiger partial charge in [-0.2, -0.15) is 0 Å². The molecule has 2 N–H and O–H groups in total. The van der Waals surface area contributed by atoms with Gasteiger partial charge in [-0.3, -0.25) is 0 Å². The van der Waals surface area contributed by atoms with Gasteiger partial charge < -0.3 is 15.0 Å². The van der Waals surface area contributed by atoms with Crippen molar-refractivity contribution in [3.63, 3.8) is 0 Å². The van der Waals surface area contributed by atoms with Crippen LogP contribution in [-0.2, 0) is 11.3 Å². The summed E-state index contributed by atoms with van der Waals surface area (Å²) in [6.45, 7) is 8.62. The van der Waals surface area contributed by atoms with E-state index < -0.39 is 12.0 Å². The summed E-state index contributed by atoms with van der Waals surface area (Å²) in [6.07, 6.45) is 3.92. The number of nitrogens with zero attached hydrogens (tertiary/aromatic N) is 2. The minimum Gasteiger partial charge on any atom is -0.480 e. The van der Waals surface area contributed by atoms with Crippen molar-refractivity contribution in [1.29, 1.82) is 0 Å². The summed E-state index contributed by atoms with van der Waals surface area (Å²) in [7, 11) is 0. The maximum atomic E-state index is 11.1. The minimum atomic E-state index is -0.817. The molecule has 1 aromatic rings. The molecule has 0 bridgehead atoms. The number of aliphatic carboxylic acids is 1. The molecule has 1 heterocycles. The van der Waals surface area contributed by atoms with Crippen molar-refractivity contribution in [1.82, 2.24) is 14.9 Å². The van der Waals surface area contributed by atoms with E-state index in [0.717, 1.165) is 5.82 Å². The highest BCUT2D eigenvalue weighted by Crippen LogP contribution is 2.14. The van der Waals surface area contributed by atoms with Crippen LogP contribution < -0.4 is 5.32 Å². The van der Waals surface area contributed by atoms with Gasteiger partial charge >= 0.3 is 5.97 Å². The van der Waals surface area contributed by atoms with Crippen LogP contribution in [0.4, 0.5) is 0 Å². The van der Waals surface area contributed by atoms with Crippen molar-refractivity contribution < 1.29 is 9.90 Å². The van der Waals surface area contributed by atoms with Gasteiger partial charge in [0.2, 0.25) is 0 Å². The Morgan fingerprint density at radius 2 is 2.24 bits per heavy atom. The molecule has 0 fully saturated rings. The highest BCUT2D eigenvalue weighted by Gasteiger charge is 2.20. The lowest BCUT2D eigenvalue weighted by atomic mass is 10.1. The number of imidazole rings is 1. The normalized spacial score (nSPS) is 13.6. The molecule has 0 saturated carbocycles. The van der Waals surface area contributed by atoms with Crippen LogP contribution in [0.25, 0.3) is 0 Å². The van der Waals surface area contributed by atoms with Crippen LogP contribution in [0.3, 0.4) is 0 Å². The van der Waals surface area contributed by atoms with E-state index in [2.05, 4.69) is 31.1 Å². The number of hydrogen-bond donors (Lipinski definition) is 2. The first-order chi connectivity index (χ1) is 7.85. The van der Waals surface area contributed by atoms with E-state index in [9.17, 15) is 4.79 Å². The summed E-state index contributed by atoms with van der Waals surface area (Å²) >= 11 is 0. The highest BCUT2D eigenvalue weighted by atomic mass is 16.4. The van der Waals surface area contributed by atoms with Crippen molar-refractivity contribution in [3.8, 4) is 0 Å². The maximum absolute atomic E-state index is 11.1. The van der Waals surface area contributed by atoms with E-state index in [1.54, 1.807) is 17.0 Å². The van der Waals surface area contributed by atoms with E-state index >= 15 is 0 Å². The third-order valence-electron chi connectivity index (χ3n) is 2.53. The summed E-state index contributed by atoms with van der Waals surface area (Å²) in [4.78, 5) is 15.3. The van der Waals surface area contributed by atoms with Crippen molar-refractivity contribution in [2.24, 2.45) is 0 Å². The van der Waals surface area contributed by atoms with E-state index in [1.807, 2.05) is 6.92 Å². The zero-order chi connectivity index (χ0) is 13.1. The zero-order valence-corrected chi connectivity index (χ0v) is 10.9. The molecule has 1 rings (SSSR count). The van der Waals surface area contributed by atoms with Crippen molar-refractivity contribution >= 4 is 5.97 Å². The van der Waals surface area contributed by atoms with E-state index in [0.29, 0.717) is 13.0 Å². The van der Waals surface area contributed by atoms with Gasteiger partial charge in [-0.1, -0.05) is 6.92 Å². The van der Waals surface area contributed by atoms with Gasteiger partial charge in [-0.15, -0.1) is 0 Å². The summed E-state index contributed by atoms with van der Waals surface area (Å²) in [5, 5.41) is 12.4. The number of carbonyl (C=O) groups is 1. The summed E-state index contributed by atoms with van der Waals surface area (Å²) in [5.41, 5.74) is -0.0122. The fraction of sp³-hybridized carbons (Fsp3) is 0.667. The molecule has 0 spiro atoms. The lowest BCUT2D eigenvalue weighted by Gasteiger charge is -2.22. The molecule has 1 aromatic heterocycles. The Kier molecular flexibility index (Phi) is 4.28. The summed E-state index contributed by atoms with van der Waals surface area (Å²) < 4.78 is 1.72. The molecule has 0 radical (unpaired) electrons. The van der Waals surface area contributed by atoms with Gasteiger partial charge in [0.05, 0.1) is 6.54 Å². The van der Waals surface area contributed by atoms with E-state index in [1.165, 1.54) is 0 Å². The quantitative estimate of drug-likeness (QED) is 0.822. The van der Waals surface area contributed by atoms with Crippen LogP contribution in [0.5, 0.6) is 0 Å². The fourth-order valence-electron chi connectivity index (χ4n) is 1.60. The number of aromatic nitrogens is 2. The standard InChI is InChI=1S/C12H21N3O2/c1-5-9(11(16)17)15-7-6-13-10(15)8-14-12(2,3)4/h6-7,9,14H,5,8H2,1-4H3,(H,16,17). The number of nitrogens with one attached hydrogen (secondary N) is 1. The Morgan fingerprint density at radius 1 is 1.59 bits per heavy atom. The molecular weight excluding hydrogens is 218 g/mol. The van der Waals surface area contributed by atoms with Crippen LogP contribution in [-0.4, -0.2) is 26.2 Å². The number of rotatable bonds is 5. The largest absolute Gasteiger partial charge is 0.480 e. The second-order valence-electron chi connectivity index (χ2n) is 5.12. The lowest BCUT2D eigenvalue weighted by Crippen LogP contribution is -2.36. The topological polar surface area (TPSA) is 67.1 Å². The number of hydrogen-bond acceptors (Lipinski definition) is 3. The Morgan fingerprint density at radius 3 is 2.71 bits per heavy atom. The van der Waals surface area contributed by atoms with Gasteiger partial charge in [0.25, 0.3) is 0 Å². The van der Waals surface area contributed by atoms with Gasteiger partial charge in [0.15, 0.2) is 0 Å². The number of carboxylic acid groups (broad SMARTS) is 1. The molecule has 17 heavy (non-hydrogen) atoms. The maximum Gasteiger partial charge on any atom is 0.326 e. The lowest BCUT2D eigenvalue weighted by molar-refractivity contribution is -0.141. The second kappa shape index (κ2) is 5.31. The monoisotopic (exact) mass is 239 g/mol. The Bertz CT molecular complexity index is 379. The molecule has 1 unspecified atom stereocenters. The molecule has 5 heteroatoms. The third-order valence-corrected chi connectivity index (χ3v) is 2.53. The Hall–Kier alpha value is -1.36. The van der Waals surface area contributed by atoms with Crippen LogP contribution >= 0.6 is 0 Å². The van der Waals surface area contributed by atoms with Crippen molar-refractivity contribution in [2.45, 2.75) is 52.2 Å². The minimum absolute atomic E-state index is 0.0122. The van der Waals surface area contributed by atoms with Crippen LogP contribution in [0, 0.1) is 0 Å². The molecular formula is C12H21N3O2. The van der Waals surface area contributed by atoms with Crippen LogP contribution in [0.15, 0.2) is 12.4 Å². The molecule has 0 amide bonds. The average molecular weight is 239 g/mol. The molecule has 5 nitrogen and oxygen atoms in total. The highest BCUT2D eigenvalue weighted by molar-refractivity contribution is 5.71.